The molecule has 1 heterocycles. The molecule has 0 saturated heterocycles. The maximum atomic E-state index is 13.4. The predicted octanol–water partition coefficient (Wildman–Crippen LogP) is 5.10. The van der Waals surface area contributed by atoms with Gasteiger partial charge in [0.15, 0.2) is 5.76 Å². The Hall–Kier alpha value is -3.54. The van der Waals surface area contributed by atoms with Gasteiger partial charge >= 0.3 is 0 Å². The number of benzene rings is 2. The van der Waals surface area contributed by atoms with Gasteiger partial charge in [-0.05, 0) is 48.4 Å². The Bertz CT molecular complexity index is 1010. The fraction of sp³-hybridized carbons (Fsp3) is 0.280. The van der Waals surface area contributed by atoms with Crippen LogP contribution >= 0.6 is 0 Å². The van der Waals surface area contributed by atoms with Gasteiger partial charge in [-0.15, -0.1) is 0 Å². The molecule has 6 nitrogen and oxygen atoms in total. The highest BCUT2D eigenvalue weighted by Crippen LogP contribution is 2.30. The molecule has 0 aliphatic heterocycles. The zero-order valence-electron chi connectivity index (χ0n) is 18.5. The highest BCUT2D eigenvalue weighted by atomic mass is 16.3. The van der Waals surface area contributed by atoms with Crippen molar-refractivity contribution in [2.24, 2.45) is 0 Å². The van der Waals surface area contributed by atoms with Crippen LogP contribution in [0.5, 0.6) is 0 Å². The Morgan fingerprint density at radius 2 is 1.77 bits per heavy atom. The standard InChI is InChI=1S/C25H29N3O3/c1-5-24(29)26-21-13-14-22(27(3)4)20(16-21)17-28(25(30)23-12-9-15-31-23)18(2)19-10-7-6-8-11-19/h6-16,18H,5,17H2,1-4H3,(H,26,29)/t18-/m1/s1. The minimum atomic E-state index is -0.186. The Labute approximate surface area is 183 Å². The molecular weight excluding hydrogens is 390 g/mol. The molecule has 0 saturated carbocycles. The molecule has 0 aliphatic rings. The number of hydrogen-bond acceptors (Lipinski definition) is 4. The van der Waals surface area contributed by atoms with Gasteiger partial charge in [0.25, 0.3) is 5.91 Å². The molecule has 0 unspecified atom stereocenters. The van der Waals surface area contributed by atoms with Crippen LogP contribution in [0.15, 0.2) is 71.3 Å². The van der Waals surface area contributed by atoms with Crippen molar-refractivity contribution in [1.82, 2.24) is 4.90 Å². The maximum absolute atomic E-state index is 13.4. The summed E-state index contributed by atoms with van der Waals surface area (Å²) in [6.07, 6.45) is 1.91. The molecule has 31 heavy (non-hydrogen) atoms. The molecule has 1 atom stereocenters. The number of nitrogens with one attached hydrogen (secondary N) is 1. The van der Waals surface area contributed by atoms with E-state index in [1.165, 1.54) is 6.26 Å². The average Bonchev–Trinajstić information content (AvgIpc) is 3.32. The van der Waals surface area contributed by atoms with E-state index in [4.69, 9.17) is 4.42 Å². The van der Waals surface area contributed by atoms with E-state index in [-0.39, 0.29) is 17.9 Å². The minimum Gasteiger partial charge on any atom is -0.459 e. The zero-order valence-corrected chi connectivity index (χ0v) is 18.5. The lowest BCUT2D eigenvalue weighted by atomic mass is 10.0. The molecule has 0 spiro atoms. The van der Waals surface area contributed by atoms with Crippen LogP contribution < -0.4 is 10.2 Å². The Morgan fingerprint density at radius 3 is 2.39 bits per heavy atom. The highest BCUT2D eigenvalue weighted by Gasteiger charge is 2.26. The van der Waals surface area contributed by atoms with Gasteiger partial charge in [-0.2, -0.15) is 0 Å². The molecule has 3 aromatic rings. The molecule has 6 heteroatoms. The lowest BCUT2D eigenvalue weighted by molar-refractivity contribution is -0.115. The summed E-state index contributed by atoms with van der Waals surface area (Å²) in [6.45, 7) is 4.18. The Balaban J connectivity index is 2.00. The van der Waals surface area contributed by atoms with Gasteiger partial charge in [-0.1, -0.05) is 37.3 Å². The van der Waals surface area contributed by atoms with Crippen LogP contribution in [0.2, 0.25) is 0 Å². The summed E-state index contributed by atoms with van der Waals surface area (Å²) in [5.41, 5.74) is 3.66. The molecule has 0 radical (unpaired) electrons. The third kappa shape index (κ3) is 5.34. The van der Waals surface area contributed by atoms with Gasteiger partial charge in [-0.25, -0.2) is 0 Å². The lowest BCUT2D eigenvalue weighted by Crippen LogP contribution is -2.33. The zero-order chi connectivity index (χ0) is 22.4. The topological polar surface area (TPSA) is 65.8 Å². The number of amides is 2. The molecule has 2 aromatic carbocycles. The van der Waals surface area contributed by atoms with E-state index in [1.807, 2.05) is 81.4 Å². The van der Waals surface area contributed by atoms with Crippen LogP contribution in [0.3, 0.4) is 0 Å². The third-order valence-electron chi connectivity index (χ3n) is 5.25. The number of carbonyl (C=O) groups excluding carboxylic acids is 2. The van der Waals surface area contributed by atoms with Crippen molar-refractivity contribution in [1.29, 1.82) is 0 Å². The summed E-state index contributed by atoms with van der Waals surface area (Å²) in [7, 11) is 3.92. The quantitative estimate of drug-likeness (QED) is 0.552. The van der Waals surface area contributed by atoms with Gasteiger partial charge in [0.2, 0.25) is 5.91 Å². The first-order valence-electron chi connectivity index (χ1n) is 10.4. The first kappa shape index (κ1) is 22.2. The van der Waals surface area contributed by atoms with Gasteiger partial charge in [0.1, 0.15) is 0 Å². The largest absolute Gasteiger partial charge is 0.459 e. The summed E-state index contributed by atoms with van der Waals surface area (Å²) < 4.78 is 5.41. The van der Waals surface area contributed by atoms with Crippen LogP contribution in [-0.2, 0) is 11.3 Å². The molecule has 0 bridgehead atoms. The van der Waals surface area contributed by atoms with Crippen LogP contribution in [0, 0.1) is 0 Å². The second kappa shape index (κ2) is 9.98. The average molecular weight is 420 g/mol. The fourth-order valence-electron chi connectivity index (χ4n) is 3.50. The van der Waals surface area contributed by atoms with E-state index in [0.29, 0.717) is 24.4 Å². The van der Waals surface area contributed by atoms with E-state index >= 15 is 0 Å². The van der Waals surface area contributed by atoms with Gasteiger partial charge in [0.05, 0.1) is 12.3 Å². The van der Waals surface area contributed by atoms with Gasteiger partial charge in [-0.3, -0.25) is 9.59 Å². The van der Waals surface area contributed by atoms with Crippen LogP contribution in [0.1, 0.15) is 48.0 Å². The molecule has 3 rings (SSSR count). The van der Waals surface area contributed by atoms with Crippen molar-refractivity contribution in [3.05, 3.63) is 83.8 Å². The normalized spacial score (nSPS) is 11.6. The maximum Gasteiger partial charge on any atom is 0.290 e. The number of nitrogens with zero attached hydrogens (tertiary/aromatic N) is 2. The van der Waals surface area contributed by atoms with Gasteiger partial charge < -0.3 is 19.5 Å². The second-order valence-corrected chi connectivity index (χ2v) is 7.64. The van der Waals surface area contributed by atoms with Crippen LogP contribution in [0.25, 0.3) is 0 Å². The summed E-state index contributed by atoms with van der Waals surface area (Å²) in [5.74, 6) is 0.0587. The smallest absolute Gasteiger partial charge is 0.290 e. The predicted molar refractivity (Wildman–Crippen MR) is 123 cm³/mol. The summed E-state index contributed by atoms with van der Waals surface area (Å²) in [6, 6.07) is 18.9. The van der Waals surface area contributed by atoms with Crippen LogP contribution in [0.4, 0.5) is 11.4 Å². The van der Waals surface area contributed by atoms with E-state index in [9.17, 15) is 9.59 Å². The van der Waals surface area contributed by atoms with Crippen molar-refractivity contribution in [3.63, 3.8) is 0 Å². The van der Waals surface area contributed by atoms with Crippen molar-refractivity contribution in [3.8, 4) is 0 Å². The molecular formula is C25H29N3O3. The fourth-order valence-corrected chi connectivity index (χ4v) is 3.50. The third-order valence-corrected chi connectivity index (χ3v) is 5.25. The molecule has 2 amide bonds. The molecule has 0 aliphatic carbocycles. The number of carbonyl (C=O) groups is 2. The summed E-state index contributed by atoms with van der Waals surface area (Å²) >= 11 is 0. The minimum absolute atomic E-state index is 0.0512. The van der Waals surface area contributed by atoms with E-state index in [0.717, 1.165) is 16.8 Å². The van der Waals surface area contributed by atoms with Gasteiger partial charge in [0, 0.05) is 38.4 Å². The molecule has 0 fully saturated rings. The summed E-state index contributed by atoms with van der Waals surface area (Å²) in [5, 5.41) is 2.91. The Kier molecular flexibility index (Phi) is 7.13. The number of furan rings is 1. The molecule has 162 valence electrons. The monoisotopic (exact) mass is 419 g/mol. The molecule has 1 aromatic heterocycles. The molecule has 1 N–H and O–H groups in total. The second-order valence-electron chi connectivity index (χ2n) is 7.64. The lowest BCUT2D eigenvalue weighted by Gasteiger charge is -2.31. The first-order valence-corrected chi connectivity index (χ1v) is 10.4. The SMILES string of the molecule is CCC(=O)Nc1ccc(N(C)C)c(CN(C(=O)c2ccco2)[C@H](C)c2ccccc2)c1. The van der Waals surface area contributed by atoms with Crippen molar-refractivity contribution in [2.75, 3.05) is 24.3 Å². The van der Waals surface area contributed by atoms with Crippen molar-refractivity contribution < 1.29 is 14.0 Å². The number of rotatable bonds is 8. The first-order chi connectivity index (χ1) is 14.9. The van der Waals surface area contributed by atoms with Crippen LogP contribution in [-0.4, -0.2) is 30.8 Å². The number of anilines is 2. The Morgan fingerprint density at radius 1 is 1.03 bits per heavy atom. The van der Waals surface area contributed by atoms with E-state index in [1.54, 1.807) is 17.0 Å². The van der Waals surface area contributed by atoms with E-state index in [2.05, 4.69) is 5.32 Å². The van der Waals surface area contributed by atoms with E-state index < -0.39 is 0 Å². The summed E-state index contributed by atoms with van der Waals surface area (Å²) in [4.78, 5) is 29.1. The van der Waals surface area contributed by atoms with Crippen molar-refractivity contribution >= 4 is 23.2 Å². The highest BCUT2D eigenvalue weighted by molar-refractivity contribution is 5.92. The number of hydrogen-bond donors (Lipinski definition) is 1. The van der Waals surface area contributed by atoms with Crippen molar-refractivity contribution in [2.45, 2.75) is 32.9 Å².